The summed E-state index contributed by atoms with van der Waals surface area (Å²) in [7, 11) is 0. The van der Waals surface area contributed by atoms with Gasteiger partial charge in [-0.1, -0.05) is 47.5 Å². The molecule has 0 spiro atoms. The van der Waals surface area contributed by atoms with Crippen LogP contribution in [0.4, 0.5) is 5.82 Å². The maximum atomic E-state index is 6.15. The number of hydrogen-bond acceptors (Lipinski definition) is 3. The Bertz CT molecular complexity index is 917. The van der Waals surface area contributed by atoms with Gasteiger partial charge in [0.2, 0.25) is 0 Å². The summed E-state index contributed by atoms with van der Waals surface area (Å²) in [4.78, 5) is 11.7. The van der Waals surface area contributed by atoms with Crippen LogP contribution >= 0.6 is 23.2 Å². The van der Waals surface area contributed by atoms with E-state index < -0.39 is 0 Å². The Kier molecular flexibility index (Phi) is 5.26. The van der Waals surface area contributed by atoms with Crippen molar-refractivity contribution in [1.82, 2.24) is 9.97 Å². The number of rotatable bonds is 5. The molecule has 25 heavy (non-hydrogen) atoms. The quantitative estimate of drug-likeness (QED) is 0.514. The zero-order chi connectivity index (χ0) is 18.0. The van der Waals surface area contributed by atoms with Crippen molar-refractivity contribution in [2.75, 3.05) is 18.0 Å². The second-order valence-corrected chi connectivity index (χ2v) is 6.89. The van der Waals surface area contributed by atoms with E-state index in [1.165, 1.54) is 0 Å². The van der Waals surface area contributed by atoms with E-state index in [1.807, 2.05) is 43.3 Å². The lowest BCUT2D eigenvalue weighted by Crippen LogP contribution is -2.26. The van der Waals surface area contributed by atoms with Crippen LogP contribution in [0.5, 0.6) is 0 Å². The maximum absolute atomic E-state index is 6.15. The predicted octanol–water partition coefficient (Wildman–Crippen LogP) is 6.01. The first kappa shape index (κ1) is 17.7. The predicted molar refractivity (Wildman–Crippen MR) is 108 cm³/mol. The summed E-state index contributed by atoms with van der Waals surface area (Å²) in [5, 5.41) is 2.15. The number of likely N-dealkylation sites (N-methyl/N-ethyl adjacent to an activating group) is 1. The third kappa shape index (κ3) is 3.94. The second-order valence-electron chi connectivity index (χ2n) is 6.02. The molecule has 0 unspecified atom stereocenters. The normalized spacial score (nSPS) is 10.9. The molecule has 0 amide bonds. The van der Waals surface area contributed by atoms with E-state index in [0.29, 0.717) is 15.9 Å². The highest BCUT2D eigenvalue weighted by molar-refractivity contribution is 6.35. The second kappa shape index (κ2) is 7.42. The number of aromatic nitrogens is 2. The van der Waals surface area contributed by atoms with Gasteiger partial charge in [0.1, 0.15) is 5.82 Å². The van der Waals surface area contributed by atoms with Crippen molar-refractivity contribution >= 4 is 39.9 Å². The molecule has 0 saturated carbocycles. The van der Waals surface area contributed by atoms with Crippen molar-refractivity contribution in [2.45, 2.75) is 13.8 Å². The lowest BCUT2D eigenvalue weighted by atomic mass is 10.1. The van der Waals surface area contributed by atoms with Crippen molar-refractivity contribution in [3.8, 4) is 11.4 Å². The van der Waals surface area contributed by atoms with Crippen LogP contribution in [0.3, 0.4) is 0 Å². The molecule has 3 nitrogen and oxygen atoms in total. The molecule has 0 bridgehead atoms. The van der Waals surface area contributed by atoms with Gasteiger partial charge in [0.05, 0.1) is 5.52 Å². The Morgan fingerprint density at radius 3 is 2.40 bits per heavy atom. The topological polar surface area (TPSA) is 29.0 Å². The lowest BCUT2D eigenvalue weighted by molar-refractivity contribution is 0.863. The summed E-state index contributed by atoms with van der Waals surface area (Å²) in [5.74, 6) is 1.50. The molecule has 5 heteroatoms. The summed E-state index contributed by atoms with van der Waals surface area (Å²) in [6.07, 6.45) is 0. The van der Waals surface area contributed by atoms with Gasteiger partial charge in [-0.05, 0) is 44.2 Å². The monoisotopic (exact) mass is 371 g/mol. The molecule has 1 heterocycles. The number of benzene rings is 2. The third-order valence-electron chi connectivity index (χ3n) is 3.85. The van der Waals surface area contributed by atoms with Crippen LogP contribution in [0.1, 0.15) is 13.8 Å². The van der Waals surface area contributed by atoms with Crippen LogP contribution in [0.15, 0.2) is 54.6 Å². The fourth-order valence-electron chi connectivity index (χ4n) is 2.78. The highest BCUT2D eigenvalue weighted by atomic mass is 35.5. The summed E-state index contributed by atoms with van der Waals surface area (Å²) in [5.41, 5.74) is 2.77. The van der Waals surface area contributed by atoms with Crippen molar-refractivity contribution in [2.24, 2.45) is 0 Å². The van der Waals surface area contributed by atoms with Gasteiger partial charge in [0.25, 0.3) is 0 Å². The zero-order valence-electron chi connectivity index (χ0n) is 14.3. The van der Waals surface area contributed by atoms with Gasteiger partial charge in [-0.2, -0.15) is 0 Å². The van der Waals surface area contributed by atoms with Crippen molar-refractivity contribution in [3.05, 3.63) is 64.7 Å². The van der Waals surface area contributed by atoms with E-state index in [1.54, 1.807) is 6.07 Å². The zero-order valence-corrected chi connectivity index (χ0v) is 15.8. The van der Waals surface area contributed by atoms with Gasteiger partial charge in [-0.25, -0.2) is 9.97 Å². The SMILES string of the molecule is C=C(C)CN(CC)c1nc(-c2cc(Cl)cc(Cl)c2)nc2ccccc12. The molecule has 0 saturated heterocycles. The largest absolute Gasteiger partial charge is 0.352 e. The van der Waals surface area contributed by atoms with E-state index in [-0.39, 0.29) is 0 Å². The van der Waals surface area contributed by atoms with Gasteiger partial charge in [0.15, 0.2) is 5.82 Å². The molecular formula is C20H19Cl2N3. The average molecular weight is 372 g/mol. The van der Waals surface area contributed by atoms with Crippen LogP contribution in [-0.2, 0) is 0 Å². The number of fused-ring (bicyclic) bond motifs is 1. The highest BCUT2D eigenvalue weighted by Crippen LogP contribution is 2.30. The lowest BCUT2D eigenvalue weighted by Gasteiger charge is -2.24. The Hall–Kier alpha value is -2.10. The van der Waals surface area contributed by atoms with Crippen molar-refractivity contribution in [1.29, 1.82) is 0 Å². The van der Waals surface area contributed by atoms with Gasteiger partial charge >= 0.3 is 0 Å². The van der Waals surface area contributed by atoms with Crippen LogP contribution in [0.2, 0.25) is 10.0 Å². The van der Waals surface area contributed by atoms with E-state index >= 15 is 0 Å². The molecule has 1 aromatic heterocycles. The van der Waals surface area contributed by atoms with E-state index in [9.17, 15) is 0 Å². The first-order valence-corrected chi connectivity index (χ1v) is 8.86. The molecule has 0 fully saturated rings. The minimum atomic E-state index is 0.565. The molecule has 0 N–H and O–H groups in total. The van der Waals surface area contributed by atoms with Gasteiger partial charge in [-0.3, -0.25) is 0 Å². The van der Waals surface area contributed by atoms with Gasteiger partial charge in [0, 0.05) is 34.1 Å². The van der Waals surface area contributed by atoms with Crippen LogP contribution in [0, 0.1) is 0 Å². The third-order valence-corrected chi connectivity index (χ3v) is 4.28. The van der Waals surface area contributed by atoms with E-state index in [4.69, 9.17) is 33.2 Å². The summed E-state index contributed by atoms with van der Waals surface area (Å²) < 4.78 is 0. The van der Waals surface area contributed by atoms with Crippen LogP contribution in [-0.4, -0.2) is 23.1 Å². The van der Waals surface area contributed by atoms with Crippen molar-refractivity contribution < 1.29 is 0 Å². The minimum Gasteiger partial charge on any atom is -0.352 e. The summed E-state index contributed by atoms with van der Waals surface area (Å²) in [6, 6.07) is 13.4. The Labute approximate surface area is 157 Å². The average Bonchev–Trinajstić information content (AvgIpc) is 2.57. The first-order chi connectivity index (χ1) is 12.0. The van der Waals surface area contributed by atoms with E-state index in [0.717, 1.165) is 40.9 Å². The molecule has 0 aliphatic rings. The molecule has 0 radical (unpaired) electrons. The molecule has 3 aromatic rings. The number of halogens is 2. The minimum absolute atomic E-state index is 0.565. The molecule has 0 aliphatic carbocycles. The number of anilines is 1. The molecule has 128 valence electrons. The number of nitrogens with zero attached hydrogens (tertiary/aromatic N) is 3. The molecule has 2 aromatic carbocycles. The first-order valence-electron chi connectivity index (χ1n) is 8.10. The Morgan fingerprint density at radius 1 is 1.08 bits per heavy atom. The highest BCUT2D eigenvalue weighted by Gasteiger charge is 2.15. The van der Waals surface area contributed by atoms with Gasteiger partial charge < -0.3 is 4.90 Å². The van der Waals surface area contributed by atoms with E-state index in [2.05, 4.69) is 18.4 Å². The Balaban J connectivity index is 2.23. The maximum Gasteiger partial charge on any atom is 0.162 e. The smallest absolute Gasteiger partial charge is 0.162 e. The Morgan fingerprint density at radius 2 is 1.76 bits per heavy atom. The van der Waals surface area contributed by atoms with Gasteiger partial charge in [-0.15, -0.1) is 0 Å². The summed E-state index contributed by atoms with van der Waals surface area (Å²) in [6.45, 7) is 9.72. The number of para-hydroxylation sites is 1. The molecule has 0 aliphatic heterocycles. The fourth-order valence-corrected chi connectivity index (χ4v) is 3.30. The molecule has 3 rings (SSSR count). The number of hydrogen-bond donors (Lipinski definition) is 0. The molecule has 0 atom stereocenters. The fraction of sp³-hybridized carbons (Fsp3) is 0.200. The standard InChI is InChI=1S/C20H19Cl2N3/c1-4-25(12-13(2)3)20-17-7-5-6-8-18(17)23-19(24-20)14-9-15(21)11-16(22)10-14/h5-11H,2,4,12H2,1,3H3. The van der Waals surface area contributed by atoms with Crippen LogP contribution in [0.25, 0.3) is 22.3 Å². The van der Waals surface area contributed by atoms with Crippen molar-refractivity contribution in [3.63, 3.8) is 0 Å². The van der Waals surface area contributed by atoms with Crippen LogP contribution < -0.4 is 4.90 Å². The molecular weight excluding hydrogens is 353 g/mol. The summed E-state index contributed by atoms with van der Waals surface area (Å²) >= 11 is 12.3.